The van der Waals surface area contributed by atoms with Crippen molar-refractivity contribution in [3.63, 3.8) is 0 Å². The highest BCUT2D eigenvalue weighted by atomic mass is 16.2. The molecule has 7 nitrogen and oxygen atoms in total. The minimum Gasteiger partial charge on any atom is -0.341 e. The molecule has 0 bridgehead atoms. The first kappa shape index (κ1) is 11.9. The van der Waals surface area contributed by atoms with Gasteiger partial charge < -0.3 is 10.3 Å². The number of nitrogens with one attached hydrogen (secondary N) is 2. The van der Waals surface area contributed by atoms with Crippen molar-refractivity contribution >= 4 is 5.91 Å². The monoisotopic (exact) mass is 260 g/mol. The molecule has 1 saturated carbocycles. The van der Waals surface area contributed by atoms with E-state index in [1.54, 1.807) is 0 Å². The van der Waals surface area contributed by atoms with Gasteiger partial charge in [-0.2, -0.15) is 5.10 Å². The number of carbonyl (C=O) groups excluding carboxylic acids is 1. The Hall–Kier alpha value is -2.18. The van der Waals surface area contributed by atoms with Crippen molar-refractivity contribution in [2.75, 3.05) is 0 Å². The Labute approximate surface area is 110 Å². The third kappa shape index (κ3) is 2.35. The largest absolute Gasteiger partial charge is 0.341 e. The number of aromatic amines is 1. The molecule has 0 unspecified atom stereocenters. The van der Waals surface area contributed by atoms with Crippen LogP contribution in [-0.2, 0) is 6.54 Å². The average molecular weight is 260 g/mol. The summed E-state index contributed by atoms with van der Waals surface area (Å²) in [5, 5.41) is 7.19. The quantitative estimate of drug-likeness (QED) is 0.836. The lowest BCUT2D eigenvalue weighted by Gasteiger charge is -2.17. The summed E-state index contributed by atoms with van der Waals surface area (Å²) in [5.74, 6) is 1.14. The topological polar surface area (TPSA) is 88.5 Å². The molecule has 1 fully saturated rings. The Kier molecular flexibility index (Phi) is 3.02. The number of aryl methyl sites for hydroxylation is 1. The Morgan fingerprint density at radius 1 is 1.63 bits per heavy atom. The van der Waals surface area contributed by atoms with Gasteiger partial charge in [0.1, 0.15) is 17.8 Å². The fraction of sp³-hybridized carbons (Fsp3) is 0.500. The van der Waals surface area contributed by atoms with E-state index < -0.39 is 0 Å². The van der Waals surface area contributed by atoms with Crippen LogP contribution in [0.2, 0.25) is 0 Å². The second-order valence-electron chi connectivity index (χ2n) is 4.69. The van der Waals surface area contributed by atoms with Gasteiger partial charge >= 0.3 is 0 Å². The summed E-state index contributed by atoms with van der Waals surface area (Å²) >= 11 is 0. The first-order valence-corrected chi connectivity index (χ1v) is 6.46. The third-order valence-electron chi connectivity index (χ3n) is 3.35. The SMILES string of the molecule is CCn1ncnc1[C@@H](NC(=O)c1cnc[nH]1)C1CC1. The number of nitrogens with zero attached hydrogens (tertiary/aromatic N) is 4. The summed E-state index contributed by atoms with van der Waals surface area (Å²) in [7, 11) is 0. The minimum absolute atomic E-state index is 0.0711. The minimum atomic E-state index is -0.153. The van der Waals surface area contributed by atoms with Crippen LogP contribution >= 0.6 is 0 Å². The number of rotatable bonds is 5. The highest BCUT2D eigenvalue weighted by molar-refractivity contribution is 5.92. The van der Waals surface area contributed by atoms with Crippen molar-refractivity contribution in [3.8, 4) is 0 Å². The molecule has 2 N–H and O–H groups in total. The Morgan fingerprint density at radius 2 is 2.47 bits per heavy atom. The number of H-pyrrole nitrogens is 1. The molecule has 0 spiro atoms. The molecule has 100 valence electrons. The molecule has 3 rings (SSSR count). The zero-order valence-electron chi connectivity index (χ0n) is 10.7. The zero-order chi connectivity index (χ0) is 13.2. The van der Waals surface area contributed by atoms with Crippen molar-refractivity contribution in [1.82, 2.24) is 30.0 Å². The smallest absolute Gasteiger partial charge is 0.269 e. The van der Waals surface area contributed by atoms with E-state index >= 15 is 0 Å². The molecule has 2 aromatic heterocycles. The maximum absolute atomic E-state index is 12.1. The van der Waals surface area contributed by atoms with E-state index in [0.717, 1.165) is 25.2 Å². The van der Waals surface area contributed by atoms with Gasteiger partial charge in [0.25, 0.3) is 5.91 Å². The first-order chi connectivity index (χ1) is 9.29. The number of aromatic nitrogens is 5. The van der Waals surface area contributed by atoms with Crippen LogP contribution in [0.1, 0.15) is 42.1 Å². The summed E-state index contributed by atoms with van der Waals surface area (Å²) in [6.07, 6.45) is 6.78. The van der Waals surface area contributed by atoms with Crippen molar-refractivity contribution in [3.05, 3.63) is 30.4 Å². The molecule has 1 atom stereocenters. The molecule has 2 heterocycles. The molecular weight excluding hydrogens is 244 g/mol. The van der Waals surface area contributed by atoms with E-state index in [-0.39, 0.29) is 11.9 Å². The zero-order valence-corrected chi connectivity index (χ0v) is 10.7. The summed E-state index contributed by atoms with van der Waals surface area (Å²) < 4.78 is 1.83. The second kappa shape index (κ2) is 4.83. The molecule has 0 saturated heterocycles. The molecule has 2 aromatic rings. The van der Waals surface area contributed by atoms with E-state index in [1.165, 1.54) is 18.9 Å². The summed E-state index contributed by atoms with van der Waals surface area (Å²) in [6.45, 7) is 2.76. The van der Waals surface area contributed by atoms with Crippen LogP contribution in [0.5, 0.6) is 0 Å². The fourth-order valence-corrected chi connectivity index (χ4v) is 2.18. The first-order valence-electron chi connectivity index (χ1n) is 6.46. The Bertz CT molecular complexity index is 557. The number of hydrogen-bond donors (Lipinski definition) is 2. The average Bonchev–Trinajstić information content (AvgIpc) is 2.95. The molecule has 7 heteroatoms. The predicted molar refractivity (Wildman–Crippen MR) is 67.2 cm³/mol. The normalized spacial score (nSPS) is 16.3. The van der Waals surface area contributed by atoms with E-state index in [9.17, 15) is 4.79 Å². The maximum Gasteiger partial charge on any atom is 0.269 e. The van der Waals surface area contributed by atoms with Gasteiger partial charge in [-0.3, -0.25) is 4.79 Å². The lowest BCUT2D eigenvalue weighted by atomic mass is 10.1. The fourth-order valence-electron chi connectivity index (χ4n) is 2.18. The highest BCUT2D eigenvalue weighted by Crippen LogP contribution is 2.40. The van der Waals surface area contributed by atoms with Gasteiger partial charge in [-0.1, -0.05) is 0 Å². The van der Waals surface area contributed by atoms with Crippen LogP contribution in [0, 0.1) is 5.92 Å². The van der Waals surface area contributed by atoms with Crippen molar-refractivity contribution in [2.24, 2.45) is 5.92 Å². The molecule has 0 radical (unpaired) electrons. The van der Waals surface area contributed by atoms with E-state index in [0.29, 0.717) is 11.6 Å². The van der Waals surface area contributed by atoms with Gasteiger partial charge in [-0.25, -0.2) is 14.6 Å². The summed E-state index contributed by atoms with van der Waals surface area (Å²) in [6, 6.07) is -0.0711. The van der Waals surface area contributed by atoms with Gasteiger partial charge in [-0.05, 0) is 25.7 Å². The Morgan fingerprint density at radius 3 is 3.11 bits per heavy atom. The predicted octanol–water partition coefficient (Wildman–Crippen LogP) is 0.902. The molecule has 19 heavy (non-hydrogen) atoms. The summed E-state index contributed by atoms with van der Waals surface area (Å²) in [5.41, 5.74) is 0.466. The molecule has 1 amide bonds. The van der Waals surface area contributed by atoms with Crippen molar-refractivity contribution in [2.45, 2.75) is 32.4 Å². The number of amides is 1. The highest BCUT2D eigenvalue weighted by Gasteiger charge is 2.36. The Balaban J connectivity index is 1.80. The van der Waals surface area contributed by atoms with Crippen LogP contribution in [0.4, 0.5) is 0 Å². The lowest BCUT2D eigenvalue weighted by molar-refractivity contribution is 0.0924. The number of hydrogen-bond acceptors (Lipinski definition) is 4. The van der Waals surface area contributed by atoms with Crippen LogP contribution in [-0.4, -0.2) is 30.6 Å². The molecule has 1 aliphatic carbocycles. The van der Waals surface area contributed by atoms with Gasteiger partial charge in [0.2, 0.25) is 0 Å². The molecular formula is C12H16N6O. The number of carbonyl (C=O) groups is 1. The second-order valence-corrected chi connectivity index (χ2v) is 4.69. The number of imidazole rings is 1. The molecule has 0 aromatic carbocycles. The van der Waals surface area contributed by atoms with Gasteiger partial charge in [0.05, 0.1) is 18.6 Å². The van der Waals surface area contributed by atoms with Gasteiger partial charge in [0, 0.05) is 6.54 Å². The van der Waals surface area contributed by atoms with E-state index in [2.05, 4.69) is 25.4 Å². The van der Waals surface area contributed by atoms with Crippen molar-refractivity contribution < 1.29 is 4.79 Å². The lowest BCUT2D eigenvalue weighted by Crippen LogP contribution is -2.32. The van der Waals surface area contributed by atoms with Crippen LogP contribution in [0.25, 0.3) is 0 Å². The molecule has 0 aliphatic heterocycles. The van der Waals surface area contributed by atoms with Gasteiger partial charge in [-0.15, -0.1) is 0 Å². The molecule has 1 aliphatic rings. The third-order valence-corrected chi connectivity index (χ3v) is 3.35. The van der Waals surface area contributed by atoms with Gasteiger partial charge in [0.15, 0.2) is 0 Å². The van der Waals surface area contributed by atoms with E-state index in [1.807, 2.05) is 11.6 Å². The van der Waals surface area contributed by atoms with Crippen molar-refractivity contribution in [1.29, 1.82) is 0 Å². The summed E-state index contributed by atoms with van der Waals surface area (Å²) in [4.78, 5) is 23.1. The van der Waals surface area contributed by atoms with Crippen LogP contribution in [0.15, 0.2) is 18.9 Å². The standard InChI is InChI=1S/C12H16N6O/c1-2-18-11(15-7-16-18)10(8-3-4-8)17-12(19)9-5-13-6-14-9/h5-8,10H,2-4H2,1H3,(H,13,14)(H,17,19)/t10-/m0/s1. The van der Waals surface area contributed by atoms with Crippen LogP contribution in [0.3, 0.4) is 0 Å². The van der Waals surface area contributed by atoms with E-state index in [4.69, 9.17) is 0 Å². The maximum atomic E-state index is 12.1. The van der Waals surface area contributed by atoms with Crippen LogP contribution < -0.4 is 5.32 Å².